The van der Waals surface area contributed by atoms with Crippen molar-refractivity contribution < 1.29 is 0 Å². The van der Waals surface area contributed by atoms with Crippen molar-refractivity contribution >= 4 is 15.9 Å². The zero-order valence-corrected chi connectivity index (χ0v) is 9.63. The van der Waals surface area contributed by atoms with Gasteiger partial charge in [-0.15, -0.1) is 0 Å². The highest BCUT2D eigenvalue weighted by Crippen LogP contribution is 2.36. The minimum absolute atomic E-state index is 0.157. The molecule has 0 amide bonds. The summed E-state index contributed by atoms with van der Waals surface area (Å²) in [6.45, 7) is 0.719. The zero-order chi connectivity index (χ0) is 10.0. The van der Waals surface area contributed by atoms with Gasteiger partial charge in [-0.1, -0.05) is 40.2 Å². The molecule has 0 unspecified atom stereocenters. The Bertz CT molecular complexity index is 349. The monoisotopic (exact) mass is 251 g/mol. The van der Waals surface area contributed by atoms with Gasteiger partial charge >= 0.3 is 0 Å². The number of benzene rings is 1. The van der Waals surface area contributed by atoms with Crippen molar-refractivity contribution in [2.24, 2.45) is 5.73 Å². The van der Waals surface area contributed by atoms with Crippen LogP contribution in [0.4, 0.5) is 0 Å². The maximum Gasteiger partial charge on any atom is 0.0178 e. The molecule has 1 aromatic rings. The van der Waals surface area contributed by atoms with Crippen molar-refractivity contribution in [1.82, 2.24) is 0 Å². The minimum atomic E-state index is 0.157. The van der Waals surface area contributed by atoms with E-state index in [1.165, 1.54) is 5.56 Å². The van der Waals surface area contributed by atoms with E-state index < -0.39 is 0 Å². The van der Waals surface area contributed by atoms with Crippen molar-refractivity contribution in [2.75, 3.05) is 6.54 Å². The Morgan fingerprint density at radius 2 is 2.00 bits per heavy atom. The normalized spacial score (nSPS) is 18.7. The fourth-order valence-corrected chi connectivity index (χ4v) is 2.44. The van der Waals surface area contributed by atoms with Gasteiger partial charge in [0.1, 0.15) is 0 Å². The maximum absolute atomic E-state index is 5.90. The highest BCUT2D eigenvalue weighted by molar-refractivity contribution is 9.10. The van der Waals surface area contributed by atoms with Gasteiger partial charge in [-0.05, 0) is 30.5 Å². The van der Waals surface area contributed by atoms with E-state index in [9.17, 15) is 0 Å². The first-order valence-corrected chi connectivity index (χ1v) is 5.67. The van der Waals surface area contributed by atoms with E-state index in [2.05, 4.69) is 52.3 Å². The second-order valence-corrected chi connectivity index (χ2v) is 4.79. The molecule has 0 bridgehead atoms. The highest BCUT2D eigenvalue weighted by atomic mass is 79.9. The van der Waals surface area contributed by atoms with Crippen LogP contribution < -0.4 is 5.73 Å². The summed E-state index contributed by atoms with van der Waals surface area (Å²) in [5, 5.41) is 0. The summed E-state index contributed by atoms with van der Waals surface area (Å²) in [5.74, 6) is 0. The van der Waals surface area contributed by atoms with Crippen LogP contribution >= 0.6 is 15.9 Å². The van der Waals surface area contributed by atoms with Gasteiger partial charge in [0.15, 0.2) is 0 Å². The fourth-order valence-electron chi connectivity index (χ4n) is 2.04. The molecule has 0 saturated heterocycles. The van der Waals surface area contributed by atoms with Gasteiger partial charge in [0.2, 0.25) is 0 Å². The average Bonchev–Trinajstić information content (AvgIpc) is 2.67. The molecule has 0 heterocycles. The lowest BCUT2D eigenvalue weighted by Gasteiger charge is -2.28. The van der Waals surface area contributed by atoms with E-state index in [-0.39, 0.29) is 5.41 Å². The largest absolute Gasteiger partial charge is 0.330 e. The molecule has 1 nitrogen and oxygen atoms in total. The lowest BCUT2D eigenvalue weighted by molar-refractivity contribution is 0.470. The fraction of sp³-hybridized carbons (Fsp3) is 0.333. The molecule has 0 fully saturated rings. The Morgan fingerprint density at radius 3 is 2.57 bits per heavy atom. The summed E-state index contributed by atoms with van der Waals surface area (Å²) in [4.78, 5) is 0. The number of allylic oxidation sites excluding steroid dienone is 2. The number of halogens is 1. The number of rotatable bonds is 2. The molecule has 0 atom stereocenters. The second kappa shape index (κ2) is 3.87. The van der Waals surface area contributed by atoms with Crippen LogP contribution in [0.3, 0.4) is 0 Å². The van der Waals surface area contributed by atoms with Crippen molar-refractivity contribution in [3.8, 4) is 0 Å². The summed E-state index contributed by atoms with van der Waals surface area (Å²) >= 11 is 3.50. The Kier molecular flexibility index (Phi) is 2.75. The summed E-state index contributed by atoms with van der Waals surface area (Å²) < 4.78 is 1.13. The van der Waals surface area contributed by atoms with Gasteiger partial charge < -0.3 is 5.73 Å². The summed E-state index contributed by atoms with van der Waals surface area (Å²) in [6.07, 6.45) is 6.60. The molecule has 0 aromatic heterocycles. The third-order valence-electron chi connectivity index (χ3n) is 3.01. The van der Waals surface area contributed by atoms with E-state index in [0.717, 1.165) is 23.9 Å². The van der Waals surface area contributed by atoms with Crippen molar-refractivity contribution in [1.29, 1.82) is 0 Å². The predicted molar refractivity (Wildman–Crippen MR) is 63.2 cm³/mol. The Morgan fingerprint density at radius 1 is 1.29 bits per heavy atom. The lowest BCUT2D eigenvalue weighted by Crippen LogP contribution is -2.32. The first kappa shape index (κ1) is 9.94. The van der Waals surface area contributed by atoms with Crippen LogP contribution in [0.2, 0.25) is 0 Å². The average molecular weight is 252 g/mol. The van der Waals surface area contributed by atoms with Crippen molar-refractivity contribution in [3.05, 3.63) is 46.5 Å². The first-order valence-electron chi connectivity index (χ1n) is 4.88. The van der Waals surface area contributed by atoms with Gasteiger partial charge in [-0.25, -0.2) is 0 Å². The molecule has 74 valence electrons. The smallest absolute Gasteiger partial charge is 0.0178 e. The lowest BCUT2D eigenvalue weighted by atomic mass is 9.78. The van der Waals surface area contributed by atoms with Gasteiger partial charge in [-0.2, -0.15) is 0 Å². The summed E-state index contributed by atoms with van der Waals surface area (Å²) in [6, 6.07) is 8.48. The van der Waals surface area contributed by atoms with E-state index in [0.29, 0.717) is 0 Å². The van der Waals surface area contributed by atoms with Crippen LogP contribution in [0.25, 0.3) is 0 Å². The third kappa shape index (κ3) is 1.64. The number of nitrogens with two attached hydrogens (primary N) is 1. The minimum Gasteiger partial charge on any atom is -0.330 e. The Hall–Kier alpha value is -0.600. The van der Waals surface area contributed by atoms with E-state index >= 15 is 0 Å². The van der Waals surface area contributed by atoms with E-state index in [1.807, 2.05) is 0 Å². The van der Waals surface area contributed by atoms with Gasteiger partial charge in [0, 0.05) is 16.4 Å². The van der Waals surface area contributed by atoms with Crippen LogP contribution in [0, 0.1) is 0 Å². The molecule has 1 aliphatic rings. The topological polar surface area (TPSA) is 26.0 Å². The van der Waals surface area contributed by atoms with Gasteiger partial charge in [-0.3, -0.25) is 0 Å². The molecular weight excluding hydrogens is 238 g/mol. The highest BCUT2D eigenvalue weighted by Gasteiger charge is 2.31. The summed E-state index contributed by atoms with van der Waals surface area (Å²) in [7, 11) is 0. The van der Waals surface area contributed by atoms with Gasteiger partial charge in [0.05, 0.1) is 0 Å². The second-order valence-electron chi connectivity index (χ2n) is 3.87. The molecule has 0 radical (unpaired) electrons. The first-order chi connectivity index (χ1) is 6.77. The SMILES string of the molecule is NCC1(c2cccc(Br)c2)CC=CC1. The zero-order valence-electron chi connectivity index (χ0n) is 8.04. The standard InChI is InChI=1S/C12H14BrN/c13-11-5-3-4-10(8-11)12(9-14)6-1-2-7-12/h1-5,8H,6-7,9,14H2. The molecular formula is C12H14BrN. The van der Waals surface area contributed by atoms with E-state index in [4.69, 9.17) is 5.73 Å². The van der Waals surface area contributed by atoms with E-state index in [1.54, 1.807) is 0 Å². The molecule has 2 rings (SSSR count). The van der Waals surface area contributed by atoms with Crippen LogP contribution in [-0.2, 0) is 5.41 Å². The van der Waals surface area contributed by atoms with Crippen molar-refractivity contribution in [2.45, 2.75) is 18.3 Å². The molecule has 1 aromatic carbocycles. The molecule has 2 N–H and O–H groups in total. The molecule has 14 heavy (non-hydrogen) atoms. The molecule has 0 saturated carbocycles. The Balaban J connectivity index is 2.37. The van der Waals surface area contributed by atoms with Crippen LogP contribution in [0.5, 0.6) is 0 Å². The Labute approximate surface area is 93.1 Å². The number of hydrogen-bond acceptors (Lipinski definition) is 1. The third-order valence-corrected chi connectivity index (χ3v) is 3.50. The molecule has 2 heteroatoms. The number of hydrogen-bond donors (Lipinski definition) is 1. The van der Waals surface area contributed by atoms with Crippen LogP contribution in [-0.4, -0.2) is 6.54 Å². The van der Waals surface area contributed by atoms with Crippen LogP contribution in [0.15, 0.2) is 40.9 Å². The van der Waals surface area contributed by atoms with Crippen molar-refractivity contribution in [3.63, 3.8) is 0 Å². The predicted octanol–water partition coefficient (Wildman–Crippen LogP) is 3.00. The maximum atomic E-state index is 5.90. The summed E-state index contributed by atoms with van der Waals surface area (Å²) in [5.41, 5.74) is 7.40. The molecule has 0 spiro atoms. The van der Waals surface area contributed by atoms with Gasteiger partial charge in [0.25, 0.3) is 0 Å². The molecule has 0 aliphatic heterocycles. The quantitative estimate of drug-likeness (QED) is 0.804. The molecule has 1 aliphatic carbocycles. The van der Waals surface area contributed by atoms with Crippen LogP contribution in [0.1, 0.15) is 18.4 Å².